The standard InChI is InChI=1S/C18H22O6S2/c1-12(19)14(9-15(20)18(2,3)25)10-26-17(22)24-11-23-16(21)13-7-5-4-6-8-13/h4-8,14,25H,9-11H2,1-3H3/t14-/m0/s1. The highest BCUT2D eigenvalue weighted by Crippen LogP contribution is 2.22. The summed E-state index contributed by atoms with van der Waals surface area (Å²) in [7, 11) is 0. The zero-order chi connectivity index (χ0) is 19.7. The molecule has 0 radical (unpaired) electrons. The average molecular weight is 399 g/mol. The van der Waals surface area contributed by atoms with Crippen molar-refractivity contribution in [2.45, 2.75) is 31.9 Å². The lowest BCUT2D eigenvalue weighted by atomic mass is 9.94. The number of rotatable bonds is 9. The minimum Gasteiger partial charge on any atom is -0.424 e. The highest BCUT2D eigenvalue weighted by molar-refractivity contribution is 8.13. The van der Waals surface area contributed by atoms with Gasteiger partial charge in [-0.2, -0.15) is 12.6 Å². The van der Waals surface area contributed by atoms with Crippen LogP contribution in [0.5, 0.6) is 0 Å². The van der Waals surface area contributed by atoms with Crippen molar-refractivity contribution in [3.8, 4) is 0 Å². The number of carbonyl (C=O) groups is 4. The van der Waals surface area contributed by atoms with Gasteiger partial charge in [-0.1, -0.05) is 18.2 Å². The summed E-state index contributed by atoms with van der Waals surface area (Å²) < 4.78 is 8.80. The summed E-state index contributed by atoms with van der Waals surface area (Å²) in [6, 6.07) is 8.30. The molecule has 0 fully saturated rings. The van der Waals surface area contributed by atoms with E-state index in [1.54, 1.807) is 44.2 Å². The van der Waals surface area contributed by atoms with Gasteiger partial charge in [-0.3, -0.25) is 9.59 Å². The fourth-order valence-electron chi connectivity index (χ4n) is 1.79. The number of thiol groups is 1. The van der Waals surface area contributed by atoms with Gasteiger partial charge in [0, 0.05) is 18.1 Å². The Balaban J connectivity index is 2.38. The van der Waals surface area contributed by atoms with Crippen LogP contribution in [0.2, 0.25) is 0 Å². The van der Waals surface area contributed by atoms with E-state index >= 15 is 0 Å². The topological polar surface area (TPSA) is 86.7 Å². The van der Waals surface area contributed by atoms with Crippen molar-refractivity contribution < 1.29 is 28.7 Å². The molecule has 6 nitrogen and oxygen atoms in total. The van der Waals surface area contributed by atoms with E-state index in [0.29, 0.717) is 5.56 Å². The van der Waals surface area contributed by atoms with E-state index < -0.39 is 28.7 Å². The number of Topliss-reactive ketones (excluding diaryl/α,β-unsaturated/α-hetero) is 2. The molecule has 0 aromatic heterocycles. The van der Waals surface area contributed by atoms with Crippen LogP contribution in [0.4, 0.5) is 4.79 Å². The molecule has 0 heterocycles. The van der Waals surface area contributed by atoms with Gasteiger partial charge < -0.3 is 9.47 Å². The monoisotopic (exact) mass is 398 g/mol. The van der Waals surface area contributed by atoms with Gasteiger partial charge >= 0.3 is 11.3 Å². The second kappa shape index (κ2) is 10.4. The lowest BCUT2D eigenvalue weighted by molar-refractivity contribution is -0.126. The van der Waals surface area contributed by atoms with Crippen molar-refractivity contribution in [3.05, 3.63) is 35.9 Å². The molecular formula is C18H22O6S2. The molecule has 0 spiro atoms. The summed E-state index contributed by atoms with van der Waals surface area (Å²) in [5.74, 6) is -1.46. The molecule has 0 bridgehead atoms. The Kier molecular flexibility index (Phi) is 8.87. The molecule has 0 aliphatic carbocycles. The molecule has 1 aromatic carbocycles. The molecule has 8 heteroatoms. The highest BCUT2D eigenvalue weighted by Gasteiger charge is 2.28. The van der Waals surface area contributed by atoms with E-state index in [9.17, 15) is 19.2 Å². The molecule has 1 rings (SSSR count). The number of hydrogen-bond donors (Lipinski definition) is 1. The summed E-state index contributed by atoms with van der Waals surface area (Å²) in [6.45, 7) is 4.15. The van der Waals surface area contributed by atoms with E-state index in [4.69, 9.17) is 9.47 Å². The first-order valence-corrected chi connectivity index (χ1v) is 9.32. The maximum absolute atomic E-state index is 12.0. The minimum absolute atomic E-state index is 0.00903. The maximum atomic E-state index is 12.0. The van der Waals surface area contributed by atoms with Gasteiger partial charge in [-0.05, 0) is 44.7 Å². The summed E-state index contributed by atoms with van der Waals surface area (Å²) >= 11 is 4.95. The molecule has 0 aliphatic rings. The number of carbonyl (C=O) groups excluding carboxylic acids is 4. The molecule has 0 amide bonds. The van der Waals surface area contributed by atoms with Gasteiger partial charge in [-0.25, -0.2) is 9.59 Å². The predicted molar refractivity (Wildman–Crippen MR) is 103 cm³/mol. The summed E-state index contributed by atoms with van der Waals surface area (Å²) in [6.07, 6.45) is 0.00903. The van der Waals surface area contributed by atoms with Gasteiger partial charge in [-0.15, -0.1) is 0 Å². The van der Waals surface area contributed by atoms with E-state index in [1.165, 1.54) is 6.92 Å². The summed E-state index contributed by atoms with van der Waals surface area (Å²) in [4.78, 5) is 47.1. The van der Waals surface area contributed by atoms with Crippen molar-refractivity contribution >= 4 is 47.2 Å². The van der Waals surface area contributed by atoms with Crippen molar-refractivity contribution in [3.63, 3.8) is 0 Å². The molecule has 142 valence electrons. The normalized spacial score (nSPS) is 12.2. The quantitative estimate of drug-likeness (QED) is 0.387. The number of benzene rings is 1. The van der Waals surface area contributed by atoms with Crippen LogP contribution in [0.15, 0.2) is 30.3 Å². The Bertz CT molecular complexity index is 651. The molecule has 1 atom stereocenters. The van der Waals surface area contributed by atoms with Crippen LogP contribution in [-0.4, -0.2) is 40.1 Å². The average Bonchev–Trinajstić information content (AvgIpc) is 2.57. The Morgan fingerprint density at radius 1 is 1.12 bits per heavy atom. The van der Waals surface area contributed by atoms with Crippen molar-refractivity contribution in [2.75, 3.05) is 12.5 Å². The van der Waals surface area contributed by atoms with Gasteiger partial charge in [0.25, 0.3) is 0 Å². The van der Waals surface area contributed by atoms with Crippen LogP contribution in [-0.2, 0) is 19.1 Å². The predicted octanol–water partition coefficient (Wildman–Crippen LogP) is 3.54. The van der Waals surface area contributed by atoms with Gasteiger partial charge in [0.15, 0.2) is 0 Å². The van der Waals surface area contributed by atoms with E-state index in [1.807, 2.05) is 0 Å². The van der Waals surface area contributed by atoms with E-state index in [0.717, 1.165) is 11.8 Å². The summed E-state index contributed by atoms with van der Waals surface area (Å²) in [5, 5.41) is -0.685. The molecule has 0 aliphatic heterocycles. The SMILES string of the molecule is CC(=O)[C@H](CSC(=O)OCOC(=O)c1ccccc1)CC(=O)C(C)(C)S. The number of ketones is 2. The molecule has 1 aromatic rings. The van der Waals surface area contributed by atoms with Crippen molar-refractivity contribution in [2.24, 2.45) is 5.92 Å². The van der Waals surface area contributed by atoms with Crippen molar-refractivity contribution in [1.82, 2.24) is 0 Å². The second-order valence-corrected chi connectivity index (χ2v) is 8.19. The first-order valence-electron chi connectivity index (χ1n) is 7.89. The third-order valence-corrected chi connectivity index (χ3v) is 4.64. The van der Waals surface area contributed by atoms with Crippen LogP contribution in [0.25, 0.3) is 0 Å². The molecular weight excluding hydrogens is 376 g/mol. The fraction of sp³-hybridized carbons (Fsp3) is 0.444. The minimum atomic E-state index is -0.843. The Labute approximate surface area is 162 Å². The first kappa shape index (κ1) is 22.2. The number of hydrogen-bond acceptors (Lipinski definition) is 8. The largest absolute Gasteiger partial charge is 0.424 e. The molecule has 0 N–H and O–H groups in total. The Morgan fingerprint density at radius 2 is 1.73 bits per heavy atom. The zero-order valence-electron chi connectivity index (χ0n) is 14.9. The lowest BCUT2D eigenvalue weighted by Gasteiger charge is -2.19. The smallest absolute Gasteiger partial charge is 0.370 e. The molecule has 0 saturated heterocycles. The van der Waals surface area contributed by atoms with E-state index in [2.05, 4.69) is 12.6 Å². The van der Waals surface area contributed by atoms with Crippen LogP contribution >= 0.6 is 24.4 Å². The van der Waals surface area contributed by atoms with Crippen LogP contribution < -0.4 is 0 Å². The van der Waals surface area contributed by atoms with Gasteiger partial charge in [0.2, 0.25) is 6.79 Å². The molecule has 0 unspecified atom stereocenters. The van der Waals surface area contributed by atoms with Gasteiger partial charge in [0.05, 0.1) is 10.3 Å². The molecule has 0 saturated carbocycles. The lowest BCUT2D eigenvalue weighted by Crippen LogP contribution is -2.30. The molecule has 26 heavy (non-hydrogen) atoms. The number of ether oxygens (including phenoxy) is 2. The van der Waals surface area contributed by atoms with Gasteiger partial charge in [0.1, 0.15) is 11.6 Å². The first-order chi connectivity index (χ1) is 12.1. The second-order valence-electron chi connectivity index (χ2n) is 6.11. The Hall–Kier alpha value is -1.80. The van der Waals surface area contributed by atoms with Crippen molar-refractivity contribution in [1.29, 1.82) is 0 Å². The van der Waals surface area contributed by atoms with Crippen LogP contribution in [0.1, 0.15) is 37.6 Å². The third kappa shape index (κ3) is 8.05. The van der Waals surface area contributed by atoms with Crippen LogP contribution in [0.3, 0.4) is 0 Å². The summed E-state index contributed by atoms with van der Waals surface area (Å²) in [5.41, 5.74) is 0.348. The maximum Gasteiger partial charge on any atom is 0.370 e. The highest BCUT2D eigenvalue weighted by atomic mass is 32.2. The van der Waals surface area contributed by atoms with Crippen LogP contribution in [0, 0.1) is 5.92 Å². The third-order valence-electron chi connectivity index (χ3n) is 3.47. The zero-order valence-corrected chi connectivity index (χ0v) is 16.6. The number of thioether (sulfide) groups is 1. The number of esters is 1. The fourth-order valence-corrected chi connectivity index (χ4v) is 2.71. The Morgan fingerprint density at radius 3 is 2.27 bits per heavy atom. The van der Waals surface area contributed by atoms with E-state index in [-0.39, 0.29) is 23.7 Å².